The quantitative estimate of drug-likeness (QED) is 0.504. The standard InChI is InChI=1S/C12H23NO3/c1-6-16-12(14)10(4)7-13-11(8-15-5)9(2)3/h9,11,13H,4,6-8H2,1-3,5H3. The van der Waals surface area contributed by atoms with Gasteiger partial charge in [-0.15, -0.1) is 0 Å². The summed E-state index contributed by atoms with van der Waals surface area (Å²) >= 11 is 0. The molecule has 1 unspecified atom stereocenters. The lowest BCUT2D eigenvalue weighted by Crippen LogP contribution is -2.39. The van der Waals surface area contributed by atoms with Gasteiger partial charge in [0.1, 0.15) is 0 Å². The van der Waals surface area contributed by atoms with Gasteiger partial charge in [-0.2, -0.15) is 0 Å². The minimum absolute atomic E-state index is 0.219. The van der Waals surface area contributed by atoms with Crippen molar-refractivity contribution in [2.75, 3.05) is 26.9 Å². The Morgan fingerprint density at radius 2 is 2.06 bits per heavy atom. The van der Waals surface area contributed by atoms with Crippen LogP contribution in [0.15, 0.2) is 12.2 Å². The van der Waals surface area contributed by atoms with Gasteiger partial charge in [0.2, 0.25) is 0 Å². The largest absolute Gasteiger partial charge is 0.463 e. The zero-order valence-electron chi connectivity index (χ0n) is 10.7. The lowest BCUT2D eigenvalue weighted by atomic mass is 10.1. The van der Waals surface area contributed by atoms with Gasteiger partial charge >= 0.3 is 5.97 Å². The second kappa shape index (κ2) is 8.30. The van der Waals surface area contributed by atoms with E-state index >= 15 is 0 Å². The smallest absolute Gasteiger partial charge is 0.334 e. The highest BCUT2D eigenvalue weighted by Crippen LogP contribution is 2.03. The third-order valence-electron chi connectivity index (χ3n) is 2.29. The third kappa shape index (κ3) is 5.88. The highest BCUT2D eigenvalue weighted by atomic mass is 16.5. The van der Waals surface area contributed by atoms with Crippen molar-refractivity contribution in [3.05, 3.63) is 12.2 Å². The molecular weight excluding hydrogens is 206 g/mol. The molecule has 0 fully saturated rings. The van der Waals surface area contributed by atoms with E-state index in [0.29, 0.717) is 31.2 Å². The Morgan fingerprint density at radius 1 is 1.44 bits per heavy atom. The predicted octanol–water partition coefficient (Wildman–Crippen LogP) is 1.37. The maximum atomic E-state index is 11.3. The molecule has 0 bridgehead atoms. The van der Waals surface area contributed by atoms with Crippen molar-refractivity contribution in [1.29, 1.82) is 0 Å². The van der Waals surface area contributed by atoms with Crippen molar-refractivity contribution in [3.8, 4) is 0 Å². The lowest BCUT2D eigenvalue weighted by Gasteiger charge is -2.21. The first-order valence-electron chi connectivity index (χ1n) is 5.60. The van der Waals surface area contributed by atoms with Crippen LogP contribution in [0.5, 0.6) is 0 Å². The van der Waals surface area contributed by atoms with E-state index in [-0.39, 0.29) is 12.0 Å². The van der Waals surface area contributed by atoms with E-state index in [1.54, 1.807) is 14.0 Å². The molecular formula is C12H23NO3. The summed E-state index contributed by atoms with van der Waals surface area (Å²) in [6.45, 7) is 11.1. The minimum atomic E-state index is -0.338. The van der Waals surface area contributed by atoms with Gasteiger partial charge in [0, 0.05) is 25.3 Å². The van der Waals surface area contributed by atoms with Crippen LogP contribution in [0.4, 0.5) is 0 Å². The number of carbonyl (C=O) groups excluding carboxylic acids is 1. The molecule has 1 atom stereocenters. The summed E-state index contributed by atoms with van der Waals surface area (Å²) < 4.78 is 9.94. The van der Waals surface area contributed by atoms with Crippen molar-refractivity contribution in [2.24, 2.45) is 5.92 Å². The van der Waals surface area contributed by atoms with E-state index in [0.717, 1.165) is 0 Å². The first-order chi connectivity index (χ1) is 7.52. The number of esters is 1. The molecule has 0 aromatic heterocycles. The first kappa shape index (κ1) is 15.1. The fraction of sp³-hybridized carbons (Fsp3) is 0.750. The fourth-order valence-electron chi connectivity index (χ4n) is 1.23. The SMILES string of the molecule is C=C(CNC(COC)C(C)C)C(=O)OCC. The van der Waals surface area contributed by atoms with Crippen molar-refractivity contribution in [1.82, 2.24) is 5.32 Å². The molecule has 0 amide bonds. The van der Waals surface area contributed by atoms with E-state index in [1.165, 1.54) is 0 Å². The monoisotopic (exact) mass is 229 g/mol. The van der Waals surface area contributed by atoms with Crippen LogP contribution in [0.2, 0.25) is 0 Å². The molecule has 0 radical (unpaired) electrons. The molecule has 0 aliphatic rings. The van der Waals surface area contributed by atoms with E-state index in [9.17, 15) is 4.79 Å². The van der Waals surface area contributed by atoms with Crippen LogP contribution in [0.25, 0.3) is 0 Å². The second-order valence-corrected chi connectivity index (χ2v) is 4.01. The number of methoxy groups -OCH3 is 1. The highest BCUT2D eigenvalue weighted by Gasteiger charge is 2.14. The van der Waals surface area contributed by atoms with Crippen molar-refractivity contribution >= 4 is 5.97 Å². The summed E-state index contributed by atoms with van der Waals surface area (Å²) in [6, 6.07) is 0.219. The first-order valence-corrected chi connectivity index (χ1v) is 5.60. The molecule has 0 aromatic carbocycles. The normalized spacial score (nSPS) is 12.6. The van der Waals surface area contributed by atoms with Crippen LogP contribution in [0.1, 0.15) is 20.8 Å². The summed E-state index contributed by atoms with van der Waals surface area (Å²) in [5.74, 6) is 0.102. The lowest BCUT2D eigenvalue weighted by molar-refractivity contribution is -0.138. The van der Waals surface area contributed by atoms with Gasteiger partial charge in [-0.3, -0.25) is 0 Å². The Balaban J connectivity index is 4.00. The molecule has 0 aliphatic carbocycles. The van der Waals surface area contributed by atoms with Crippen LogP contribution in [0.3, 0.4) is 0 Å². The van der Waals surface area contributed by atoms with Crippen LogP contribution in [0, 0.1) is 5.92 Å². The van der Waals surface area contributed by atoms with Gasteiger partial charge in [-0.1, -0.05) is 20.4 Å². The molecule has 0 spiro atoms. The summed E-state index contributed by atoms with van der Waals surface area (Å²) in [5.41, 5.74) is 0.448. The Labute approximate surface area is 98.0 Å². The van der Waals surface area contributed by atoms with E-state index < -0.39 is 0 Å². The minimum Gasteiger partial charge on any atom is -0.463 e. The van der Waals surface area contributed by atoms with E-state index in [1.807, 2.05) is 0 Å². The molecule has 0 aliphatic heterocycles. The molecule has 0 rings (SSSR count). The van der Waals surface area contributed by atoms with Crippen LogP contribution >= 0.6 is 0 Å². The molecule has 0 aromatic rings. The number of rotatable bonds is 8. The highest BCUT2D eigenvalue weighted by molar-refractivity contribution is 5.88. The Hall–Kier alpha value is -0.870. The van der Waals surface area contributed by atoms with Crippen molar-refractivity contribution in [3.63, 3.8) is 0 Å². The van der Waals surface area contributed by atoms with Gasteiger partial charge in [0.25, 0.3) is 0 Å². The number of carbonyl (C=O) groups is 1. The fourth-order valence-corrected chi connectivity index (χ4v) is 1.23. The van der Waals surface area contributed by atoms with Gasteiger partial charge in [-0.05, 0) is 12.8 Å². The van der Waals surface area contributed by atoms with Crippen LogP contribution in [-0.4, -0.2) is 38.9 Å². The zero-order valence-corrected chi connectivity index (χ0v) is 10.7. The third-order valence-corrected chi connectivity index (χ3v) is 2.29. The van der Waals surface area contributed by atoms with Crippen LogP contribution < -0.4 is 5.32 Å². The van der Waals surface area contributed by atoms with Gasteiger partial charge in [0.15, 0.2) is 0 Å². The zero-order chi connectivity index (χ0) is 12.6. The van der Waals surface area contributed by atoms with Crippen molar-refractivity contribution < 1.29 is 14.3 Å². The molecule has 0 saturated heterocycles. The summed E-state index contributed by atoms with van der Waals surface area (Å²) in [7, 11) is 1.66. The summed E-state index contributed by atoms with van der Waals surface area (Å²) in [6.07, 6.45) is 0. The van der Waals surface area contributed by atoms with Gasteiger partial charge in [-0.25, -0.2) is 4.79 Å². The molecule has 4 heteroatoms. The molecule has 0 heterocycles. The number of hydrogen-bond donors (Lipinski definition) is 1. The molecule has 1 N–H and O–H groups in total. The topological polar surface area (TPSA) is 47.6 Å². The Morgan fingerprint density at radius 3 is 2.50 bits per heavy atom. The number of nitrogens with one attached hydrogen (secondary N) is 1. The molecule has 4 nitrogen and oxygen atoms in total. The number of hydrogen-bond acceptors (Lipinski definition) is 4. The van der Waals surface area contributed by atoms with Gasteiger partial charge in [0.05, 0.1) is 13.2 Å². The molecule has 0 saturated carbocycles. The number of ether oxygens (including phenoxy) is 2. The maximum absolute atomic E-state index is 11.3. The predicted molar refractivity (Wildman–Crippen MR) is 64.3 cm³/mol. The van der Waals surface area contributed by atoms with Crippen LogP contribution in [-0.2, 0) is 14.3 Å². The van der Waals surface area contributed by atoms with E-state index in [2.05, 4.69) is 25.7 Å². The van der Waals surface area contributed by atoms with E-state index in [4.69, 9.17) is 9.47 Å². The summed E-state index contributed by atoms with van der Waals surface area (Å²) in [4.78, 5) is 11.3. The second-order valence-electron chi connectivity index (χ2n) is 4.01. The average molecular weight is 229 g/mol. The molecule has 94 valence electrons. The summed E-state index contributed by atoms with van der Waals surface area (Å²) in [5, 5.41) is 3.23. The maximum Gasteiger partial charge on any atom is 0.334 e. The Kier molecular flexibility index (Phi) is 7.85. The van der Waals surface area contributed by atoms with Crippen molar-refractivity contribution in [2.45, 2.75) is 26.8 Å². The molecule has 16 heavy (non-hydrogen) atoms. The Bertz CT molecular complexity index is 226. The van der Waals surface area contributed by atoms with Gasteiger partial charge < -0.3 is 14.8 Å². The average Bonchev–Trinajstić information content (AvgIpc) is 2.23.